The molecule has 1 aliphatic heterocycles. The van der Waals surface area contributed by atoms with Gasteiger partial charge in [-0.25, -0.2) is 13.9 Å². The number of nitrogens with one attached hydrogen (secondary N) is 1. The quantitative estimate of drug-likeness (QED) is 0.256. The molecule has 11 heteroatoms. The molecule has 9 nitrogen and oxygen atoms in total. The summed E-state index contributed by atoms with van der Waals surface area (Å²) >= 11 is 1.25. The molecule has 2 heterocycles. The maximum absolute atomic E-state index is 13.9. The van der Waals surface area contributed by atoms with Crippen molar-refractivity contribution in [2.24, 2.45) is 0 Å². The van der Waals surface area contributed by atoms with Crippen LogP contribution in [0.1, 0.15) is 24.1 Å². The van der Waals surface area contributed by atoms with Crippen molar-refractivity contribution >= 4 is 29.4 Å². The SMILES string of the molecule is COC(=O)C1=C(C)Nc2nc(SCc3ccccc3F)nn2C1c1ccc([N+](=O)[O-])cc1. The maximum atomic E-state index is 13.9. The molecule has 1 unspecified atom stereocenters. The minimum Gasteiger partial charge on any atom is -0.466 e. The molecule has 3 aromatic rings. The number of ether oxygens (including phenoxy) is 1. The Hall–Kier alpha value is -3.73. The normalized spacial score (nSPS) is 15.2. The van der Waals surface area contributed by atoms with Crippen LogP contribution < -0.4 is 5.32 Å². The number of carbonyl (C=O) groups is 1. The van der Waals surface area contributed by atoms with Gasteiger partial charge in [-0.15, -0.1) is 5.10 Å². The smallest absolute Gasteiger partial charge is 0.338 e. The Bertz CT molecular complexity index is 1230. The molecule has 0 fully saturated rings. The molecule has 0 saturated carbocycles. The van der Waals surface area contributed by atoms with Crippen LogP contribution >= 0.6 is 11.8 Å². The average molecular weight is 455 g/mol. The second-order valence-electron chi connectivity index (χ2n) is 6.95. The Morgan fingerprint density at radius 1 is 1.28 bits per heavy atom. The second kappa shape index (κ2) is 8.79. The molecule has 4 rings (SSSR count). The first-order valence-corrected chi connectivity index (χ1v) is 10.5. The highest BCUT2D eigenvalue weighted by Gasteiger charge is 2.35. The van der Waals surface area contributed by atoms with E-state index in [1.165, 1.54) is 41.8 Å². The molecule has 0 saturated heterocycles. The number of non-ortho nitro benzene ring substituents is 1. The number of methoxy groups -OCH3 is 1. The highest BCUT2D eigenvalue weighted by molar-refractivity contribution is 7.98. The first kappa shape index (κ1) is 21.5. The van der Waals surface area contributed by atoms with Crippen molar-refractivity contribution in [3.05, 3.63) is 86.9 Å². The van der Waals surface area contributed by atoms with Gasteiger partial charge in [-0.2, -0.15) is 4.98 Å². The molecule has 1 aromatic heterocycles. The van der Waals surface area contributed by atoms with Crippen molar-refractivity contribution in [3.63, 3.8) is 0 Å². The molecule has 0 amide bonds. The van der Waals surface area contributed by atoms with Gasteiger partial charge in [0.2, 0.25) is 11.1 Å². The van der Waals surface area contributed by atoms with Gasteiger partial charge in [0, 0.05) is 23.6 Å². The third-order valence-electron chi connectivity index (χ3n) is 4.97. The molecular weight excluding hydrogens is 437 g/mol. The summed E-state index contributed by atoms with van der Waals surface area (Å²) in [6.45, 7) is 1.72. The number of anilines is 1. The van der Waals surface area contributed by atoms with E-state index in [2.05, 4.69) is 15.4 Å². The summed E-state index contributed by atoms with van der Waals surface area (Å²) in [5, 5.41) is 19.0. The van der Waals surface area contributed by atoms with Gasteiger partial charge in [0.05, 0.1) is 17.6 Å². The van der Waals surface area contributed by atoms with Gasteiger partial charge in [-0.3, -0.25) is 10.1 Å². The number of thioether (sulfide) groups is 1. The predicted molar refractivity (Wildman–Crippen MR) is 116 cm³/mol. The lowest BCUT2D eigenvalue weighted by Gasteiger charge is -2.27. The number of rotatable bonds is 6. The van der Waals surface area contributed by atoms with E-state index < -0.39 is 16.9 Å². The van der Waals surface area contributed by atoms with Crippen molar-refractivity contribution in [2.75, 3.05) is 12.4 Å². The number of aromatic nitrogens is 3. The van der Waals surface area contributed by atoms with E-state index in [0.29, 0.717) is 39.3 Å². The van der Waals surface area contributed by atoms with Crippen molar-refractivity contribution < 1.29 is 18.8 Å². The Labute approximate surface area is 186 Å². The van der Waals surface area contributed by atoms with Crippen molar-refractivity contribution in [3.8, 4) is 0 Å². The van der Waals surface area contributed by atoms with Gasteiger partial charge < -0.3 is 10.1 Å². The third kappa shape index (κ3) is 4.06. The summed E-state index contributed by atoms with van der Waals surface area (Å²) in [5.41, 5.74) is 1.90. The van der Waals surface area contributed by atoms with Crippen LogP contribution in [-0.2, 0) is 15.3 Å². The number of esters is 1. The maximum Gasteiger partial charge on any atom is 0.338 e. The number of nitro groups is 1. The van der Waals surface area contributed by atoms with E-state index in [0.717, 1.165) is 0 Å². The zero-order valence-corrected chi connectivity index (χ0v) is 17.9. The zero-order chi connectivity index (χ0) is 22.8. The molecule has 0 aliphatic carbocycles. The van der Waals surface area contributed by atoms with Gasteiger partial charge in [0.15, 0.2) is 0 Å². The number of allylic oxidation sites excluding steroid dienone is 1. The van der Waals surface area contributed by atoms with E-state index in [9.17, 15) is 19.3 Å². The van der Waals surface area contributed by atoms with Crippen LogP contribution in [0.5, 0.6) is 0 Å². The summed E-state index contributed by atoms with van der Waals surface area (Å²) in [6, 6.07) is 11.6. The number of halogens is 1. The lowest BCUT2D eigenvalue weighted by atomic mass is 9.95. The Morgan fingerprint density at radius 3 is 2.66 bits per heavy atom. The number of carbonyl (C=O) groups excluding carboxylic acids is 1. The predicted octanol–water partition coefficient (Wildman–Crippen LogP) is 4.08. The fraction of sp³-hybridized carbons (Fsp3) is 0.190. The first-order chi connectivity index (χ1) is 15.4. The number of fused-ring (bicyclic) bond motifs is 1. The molecule has 1 atom stereocenters. The fourth-order valence-corrected chi connectivity index (χ4v) is 4.23. The number of hydrogen-bond acceptors (Lipinski definition) is 8. The Kier molecular flexibility index (Phi) is 5.91. The molecule has 0 radical (unpaired) electrons. The van der Waals surface area contributed by atoms with Gasteiger partial charge >= 0.3 is 5.97 Å². The lowest BCUT2D eigenvalue weighted by molar-refractivity contribution is -0.384. The summed E-state index contributed by atoms with van der Waals surface area (Å²) in [7, 11) is 1.28. The molecule has 1 N–H and O–H groups in total. The number of nitro benzene ring substituents is 1. The van der Waals surface area contributed by atoms with Gasteiger partial charge in [-0.05, 0) is 36.2 Å². The lowest BCUT2D eigenvalue weighted by Crippen LogP contribution is -2.29. The molecule has 0 spiro atoms. The van der Waals surface area contributed by atoms with E-state index in [1.807, 2.05) is 0 Å². The van der Waals surface area contributed by atoms with E-state index in [4.69, 9.17) is 4.74 Å². The number of benzene rings is 2. The summed E-state index contributed by atoms with van der Waals surface area (Å²) < 4.78 is 20.4. The zero-order valence-electron chi connectivity index (χ0n) is 17.1. The van der Waals surface area contributed by atoms with Crippen LogP contribution in [0.2, 0.25) is 0 Å². The monoisotopic (exact) mass is 455 g/mol. The largest absolute Gasteiger partial charge is 0.466 e. The number of hydrogen-bond donors (Lipinski definition) is 1. The Balaban J connectivity index is 1.71. The van der Waals surface area contributed by atoms with Crippen LogP contribution in [0.3, 0.4) is 0 Å². The molecule has 164 valence electrons. The minimum absolute atomic E-state index is 0.0667. The number of nitrogens with zero attached hydrogens (tertiary/aromatic N) is 4. The molecular formula is C21H18FN5O4S. The highest BCUT2D eigenvalue weighted by Crippen LogP contribution is 2.37. The summed E-state index contributed by atoms with van der Waals surface area (Å²) in [6.07, 6.45) is 0. The van der Waals surface area contributed by atoms with Crippen LogP contribution in [0.15, 0.2) is 65.0 Å². The van der Waals surface area contributed by atoms with Crippen LogP contribution in [0, 0.1) is 15.9 Å². The average Bonchev–Trinajstić information content (AvgIpc) is 3.19. The standard InChI is InChI=1S/C21H18FN5O4S/c1-12-17(19(28)31-2)18(13-7-9-15(10-8-13)27(29)30)26-20(23-12)24-21(25-26)32-11-14-5-3-4-6-16(14)22/h3-10,18H,11H2,1-2H3,(H,23,24,25). The Morgan fingerprint density at radius 2 is 2.00 bits per heavy atom. The fourth-order valence-electron chi connectivity index (χ4n) is 3.41. The van der Waals surface area contributed by atoms with Crippen LogP contribution in [-0.4, -0.2) is 32.8 Å². The second-order valence-corrected chi connectivity index (χ2v) is 7.89. The third-order valence-corrected chi connectivity index (χ3v) is 5.86. The topological polar surface area (TPSA) is 112 Å². The molecule has 32 heavy (non-hydrogen) atoms. The van der Waals surface area contributed by atoms with Crippen LogP contribution in [0.25, 0.3) is 0 Å². The van der Waals surface area contributed by atoms with E-state index >= 15 is 0 Å². The van der Waals surface area contributed by atoms with Gasteiger partial charge in [0.25, 0.3) is 5.69 Å². The van der Waals surface area contributed by atoms with Crippen molar-refractivity contribution in [2.45, 2.75) is 23.9 Å². The highest BCUT2D eigenvalue weighted by atomic mass is 32.2. The molecule has 0 bridgehead atoms. The summed E-state index contributed by atoms with van der Waals surface area (Å²) in [4.78, 5) is 27.6. The van der Waals surface area contributed by atoms with Crippen LogP contribution in [0.4, 0.5) is 16.0 Å². The molecule has 2 aromatic carbocycles. The van der Waals surface area contributed by atoms with E-state index in [-0.39, 0.29) is 11.5 Å². The van der Waals surface area contributed by atoms with Crippen molar-refractivity contribution in [1.82, 2.24) is 14.8 Å². The first-order valence-electron chi connectivity index (χ1n) is 9.52. The summed E-state index contributed by atoms with van der Waals surface area (Å²) in [5.74, 6) is -0.139. The van der Waals surface area contributed by atoms with Crippen molar-refractivity contribution in [1.29, 1.82) is 0 Å². The minimum atomic E-state index is -0.699. The van der Waals surface area contributed by atoms with E-state index in [1.54, 1.807) is 37.3 Å². The van der Waals surface area contributed by atoms with Gasteiger partial charge in [0.1, 0.15) is 11.9 Å². The molecule has 1 aliphatic rings. The van der Waals surface area contributed by atoms with Gasteiger partial charge in [-0.1, -0.05) is 30.0 Å².